The summed E-state index contributed by atoms with van der Waals surface area (Å²) < 4.78 is 4.75. The van der Waals surface area contributed by atoms with Gasteiger partial charge in [0.1, 0.15) is 5.78 Å². The van der Waals surface area contributed by atoms with E-state index in [2.05, 4.69) is 11.8 Å². The second-order valence-electron chi connectivity index (χ2n) is 5.48. The van der Waals surface area contributed by atoms with Crippen molar-refractivity contribution in [3.05, 3.63) is 0 Å². The molecule has 0 bridgehead atoms. The lowest BCUT2D eigenvalue weighted by Crippen LogP contribution is -2.56. The average Bonchev–Trinajstić information content (AvgIpc) is 2.39. The number of methoxy groups -OCH3 is 1. The van der Waals surface area contributed by atoms with Gasteiger partial charge in [0.15, 0.2) is 0 Å². The van der Waals surface area contributed by atoms with Gasteiger partial charge in [0.2, 0.25) is 0 Å². The molecule has 0 unspecified atom stereocenters. The summed E-state index contributed by atoms with van der Waals surface area (Å²) in [6.45, 7) is 5.47. The molecule has 2 fully saturated rings. The largest absolute Gasteiger partial charge is 0.453 e. The van der Waals surface area contributed by atoms with Crippen LogP contribution in [0.25, 0.3) is 0 Å². The monoisotopic (exact) mass is 254 g/mol. The number of ketones is 1. The van der Waals surface area contributed by atoms with Crippen LogP contribution in [0.2, 0.25) is 0 Å². The van der Waals surface area contributed by atoms with E-state index in [1.807, 2.05) is 0 Å². The molecule has 2 aliphatic heterocycles. The fourth-order valence-electron chi connectivity index (χ4n) is 2.91. The fraction of sp³-hybridized carbons (Fsp3) is 0.846. The first-order chi connectivity index (χ1) is 8.55. The van der Waals surface area contributed by atoms with E-state index in [4.69, 9.17) is 4.74 Å². The summed E-state index contributed by atoms with van der Waals surface area (Å²) in [7, 11) is 1.42. The predicted octanol–water partition coefficient (Wildman–Crippen LogP) is 1.27. The van der Waals surface area contributed by atoms with Crippen LogP contribution < -0.4 is 0 Å². The van der Waals surface area contributed by atoms with Crippen molar-refractivity contribution in [3.63, 3.8) is 0 Å². The molecule has 1 amide bonds. The molecular formula is C13H22N2O3. The third kappa shape index (κ3) is 2.66. The van der Waals surface area contributed by atoms with Crippen molar-refractivity contribution in [3.8, 4) is 0 Å². The molecule has 0 N–H and O–H groups in total. The summed E-state index contributed by atoms with van der Waals surface area (Å²) in [5.41, 5.74) is 0.130. The lowest BCUT2D eigenvalue weighted by molar-refractivity contribution is -0.123. The van der Waals surface area contributed by atoms with Crippen LogP contribution in [0, 0.1) is 0 Å². The molecule has 5 nitrogen and oxygen atoms in total. The van der Waals surface area contributed by atoms with Gasteiger partial charge < -0.3 is 9.64 Å². The molecule has 0 saturated carbocycles. The zero-order valence-corrected chi connectivity index (χ0v) is 11.3. The Morgan fingerprint density at radius 3 is 2.22 bits per heavy atom. The van der Waals surface area contributed by atoms with Gasteiger partial charge in [0.05, 0.1) is 7.11 Å². The first-order valence-electron chi connectivity index (χ1n) is 6.65. The minimum atomic E-state index is -0.231. The molecule has 0 aliphatic carbocycles. The summed E-state index contributed by atoms with van der Waals surface area (Å²) in [5.74, 6) is 0.377. The van der Waals surface area contributed by atoms with Crippen molar-refractivity contribution < 1.29 is 14.3 Å². The summed E-state index contributed by atoms with van der Waals surface area (Å²) in [4.78, 5) is 26.9. The van der Waals surface area contributed by atoms with E-state index >= 15 is 0 Å². The van der Waals surface area contributed by atoms with Gasteiger partial charge in [-0.3, -0.25) is 9.69 Å². The molecular weight excluding hydrogens is 232 g/mol. The molecule has 18 heavy (non-hydrogen) atoms. The number of Topliss-reactive ketones (excluding diaryl/α,β-unsaturated/α-hetero) is 1. The lowest BCUT2D eigenvalue weighted by Gasteiger charge is -2.47. The third-order valence-corrected chi connectivity index (χ3v) is 4.36. The number of piperidine rings is 2. The molecule has 5 heteroatoms. The highest BCUT2D eigenvalue weighted by atomic mass is 16.5. The molecule has 0 spiro atoms. The topological polar surface area (TPSA) is 49.9 Å². The van der Waals surface area contributed by atoms with E-state index in [0.717, 1.165) is 39.0 Å². The van der Waals surface area contributed by atoms with E-state index in [9.17, 15) is 9.59 Å². The Morgan fingerprint density at radius 1 is 1.17 bits per heavy atom. The Balaban J connectivity index is 1.90. The number of carbonyl (C=O) groups excluding carboxylic acids is 2. The third-order valence-electron chi connectivity index (χ3n) is 4.36. The summed E-state index contributed by atoms with van der Waals surface area (Å²) in [6, 6.07) is 0. The van der Waals surface area contributed by atoms with Crippen molar-refractivity contribution in [1.82, 2.24) is 9.80 Å². The van der Waals surface area contributed by atoms with Gasteiger partial charge in [-0.25, -0.2) is 4.79 Å². The summed E-state index contributed by atoms with van der Waals surface area (Å²) in [6.07, 6.45) is 3.03. The van der Waals surface area contributed by atoms with Crippen molar-refractivity contribution in [2.45, 2.75) is 38.1 Å². The van der Waals surface area contributed by atoms with Gasteiger partial charge in [0.25, 0.3) is 0 Å². The highest BCUT2D eigenvalue weighted by Gasteiger charge is 2.38. The SMILES string of the molecule is COC(=O)N1CCC(C)(N2CCC(=O)CC2)CC1. The van der Waals surface area contributed by atoms with E-state index < -0.39 is 0 Å². The number of hydrogen-bond donors (Lipinski definition) is 0. The molecule has 0 atom stereocenters. The number of rotatable bonds is 1. The number of amides is 1. The molecule has 2 saturated heterocycles. The minimum absolute atomic E-state index is 0.130. The van der Waals surface area contributed by atoms with E-state index in [1.165, 1.54) is 7.11 Å². The number of nitrogens with zero attached hydrogens (tertiary/aromatic N) is 2. The molecule has 102 valence electrons. The molecule has 0 aromatic carbocycles. The van der Waals surface area contributed by atoms with Crippen LogP contribution in [0.5, 0.6) is 0 Å². The second kappa shape index (κ2) is 5.26. The summed E-state index contributed by atoms with van der Waals surface area (Å²) >= 11 is 0. The Morgan fingerprint density at radius 2 is 1.72 bits per heavy atom. The van der Waals surface area contributed by atoms with Crippen LogP contribution in [-0.4, -0.2) is 60.5 Å². The van der Waals surface area contributed by atoms with Crippen LogP contribution >= 0.6 is 0 Å². The van der Waals surface area contributed by atoms with Gasteiger partial charge in [0, 0.05) is 44.6 Å². The Bertz CT molecular complexity index is 325. The van der Waals surface area contributed by atoms with Crippen LogP contribution in [0.4, 0.5) is 4.79 Å². The van der Waals surface area contributed by atoms with Crippen LogP contribution in [0.3, 0.4) is 0 Å². The number of carbonyl (C=O) groups is 2. The van der Waals surface area contributed by atoms with Gasteiger partial charge in [-0.2, -0.15) is 0 Å². The maximum atomic E-state index is 11.4. The average molecular weight is 254 g/mol. The van der Waals surface area contributed by atoms with Gasteiger partial charge in [-0.1, -0.05) is 0 Å². The summed E-state index contributed by atoms with van der Waals surface area (Å²) in [5, 5.41) is 0. The first kappa shape index (κ1) is 13.3. The van der Waals surface area contributed by atoms with E-state index in [-0.39, 0.29) is 11.6 Å². The van der Waals surface area contributed by atoms with E-state index in [1.54, 1.807) is 4.90 Å². The van der Waals surface area contributed by atoms with Crippen LogP contribution in [0.15, 0.2) is 0 Å². The molecule has 0 radical (unpaired) electrons. The van der Waals surface area contributed by atoms with E-state index in [0.29, 0.717) is 18.6 Å². The van der Waals surface area contributed by atoms with Gasteiger partial charge >= 0.3 is 6.09 Å². The minimum Gasteiger partial charge on any atom is -0.453 e. The molecule has 2 heterocycles. The van der Waals surface area contributed by atoms with Crippen molar-refractivity contribution in [1.29, 1.82) is 0 Å². The Kier molecular flexibility index (Phi) is 3.90. The zero-order valence-electron chi connectivity index (χ0n) is 11.3. The Hall–Kier alpha value is -1.10. The highest BCUT2D eigenvalue weighted by Crippen LogP contribution is 2.30. The maximum Gasteiger partial charge on any atom is 0.409 e. The first-order valence-corrected chi connectivity index (χ1v) is 6.65. The van der Waals surface area contributed by atoms with Crippen molar-refractivity contribution in [2.75, 3.05) is 33.3 Å². The standard InChI is InChI=1S/C13H22N2O3/c1-13(15-7-3-11(16)4-8-15)5-9-14(10-6-13)12(17)18-2/h3-10H2,1-2H3. The smallest absolute Gasteiger partial charge is 0.409 e. The highest BCUT2D eigenvalue weighted by molar-refractivity contribution is 5.79. The van der Waals surface area contributed by atoms with Crippen molar-refractivity contribution >= 4 is 11.9 Å². The van der Waals surface area contributed by atoms with Crippen molar-refractivity contribution in [2.24, 2.45) is 0 Å². The molecule has 0 aromatic heterocycles. The predicted molar refractivity (Wildman–Crippen MR) is 67.4 cm³/mol. The quantitative estimate of drug-likeness (QED) is 0.707. The molecule has 2 rings (SSSR count). The van der Waals surface area contributed by atoms with Crippen LogP contribution in [-0.2, 0) is 9.53 Å². The second-order valence-corrected chi connectivity index (χ2v) is 5.48. The zero-order chi connectivity index (χ0) is 13.2. The number of likely N-dealkylation sites (tertiary alicyclic amines) is 2. The lowest BCUT2D eigenvalue weighted by atomic mass is 9.86. The fourth-order valence-corrected chi connectivity index (χ4v) is 2.91. The normalized spacial score (nSPS) is 25.0. The number of hydrogen-bond acceptors (Lipinski definition) is 4. The molecule has 2 aliphatic rings. The number of ether oxygens (including phenoxy) is 1. The van der Waals surface area contributed by atoms with Gasteiger partial charge in [-0.15, -0.1) is 0 Å². The molecule has 0 aromatic rings. The van der Waals surface area contributed by atoms with Crippen LogP contribution in [0.1, 0.15) is 32.6 Å². The Labute approximate surface area is 108 Å². The van der Waals surface area contributed by atoms with Gasteiger partial charge in [-0.05, 0) is 19.8 Å². The maximum absolute atomic E-state index is 11.4.